The van der Waals surface area contributed by atoms with Crippen LogP contribution in [0.2, 0.25) is 0 Å². The Labute approximate surface area is 129 Å². The lowest BCUT2D eigenvalue weighted by atomic mass is 10.1. The van der Waals surface area contributed by atoms with Gasteiger partial charge >= 0.3 is 0 Å². The molecule has 5 nitrogen and oxygen atoms in total. The van der Waals surface area contributed by atoms with Gasteiger partial charge in [-0.1, -0.05) is 0 Å². The minimum absolute atomic E-state index is 0.000741. The van der Waals surface area contributed by atoms with E-state index in [4.69, 9.17) is 0 Å². The minimum atomic E-state index is -3.01. The molecule has 0 bridgehead atoms. The molecule has 7 heteroatoms. The predicted octanol–water partition coefficient (Wildman–Crippen LogP) is 0.971. The number of sulfone groups is 1. The summed E-state index contributed by atoms with van der Waals surface area (Å²) in [4.78, 5) is 15.5. The summed E-state index contributed by atoms with van der Waals surface area (Å²) in [6.07, 6.45) is 2.20. The van der Waals surface area contributed by atoms with Gasteiger partial charge in [0.05, 0.1) is 11.0 Å². The molecule has 2 atom stereocenters. The van der Waals surface area contributed by atoms with E-state index >= 15 is 0 Å². The number of thiophene rings is 1. The highest BCUT2D eigenvalue weighted by molar-refractivity contribution is 7.92. The highest BCUT2D eigenvalue weighted by atomic mass is 32.2. The third kappa shape index (κ3) is 2.74. The molecule has 1 N–H and O–H groups in total. The Bertz CT molecular complexity index is 638. The first-order valence-corrected chi connectivity index (χ1v) is 9.86. The van der Waals surface area contributed by atoms with Crippen molar-refractivity contribution in [2.24, 2.45) is 0 Å². The molecule has 2 unspecified atom stereocenters. The lowest BCUT2D eigenvalue weighted by molar-refractivity contribution is -0.133. The number of fused-ring (bicyclic) bond motifs is 1. The van der Waals surface area contributed by atoms with Gasteiger partial charge in [-0.15, -0.1) is 11.3 Å². The summed E-state index contributed by atoms with van der Waals surface area (Å²) in [6.45, 7) is 0.945. The molecule has 0 saturated carbocycles. The summed E-state index contributed by atoms with van der Waals surface area (Å²) in [7, 11) is -1.23. The van der Waals surface area contributed by atoms with Crippen LogP contribution in [0, 0.1) is 0 Å². The maximum Gasteiger partial charge on any atom is 0.245 e. The molecule has 3 rings (SSSR count). The van der Waals surface area contributed by atoms with E-state index in [1.54, 1.807) is 23.3 Å². The van der Waals surface area contributed by atoms with Crippen LogP contribution >= 0.6 is 11.3 Å². The molecule has 116 valence electrons. The number of nitrogens with zero attached hydrogens (tertiary/aromatic N) is 1. The van der Waals surface area contributed by atoms with Gasteiger partial charge in [-0.05, 0) is 43.3 Å². The Kier molecular flexibility index (Phi) is 4.07. The molecular formula is C14H20N2O3S2. The fourth-order valence-electron chi connectivity index (χ4n) is 3.21. The van der Waals surface area contributed by atoms with Gasteiger partial charge in [0.1, 0.15) is 6.04 Å². The molecule has 3 heterocycles. The Hall–Kier alpha value is -0.920. The lowest BCUT2D eigenvalue weighted by Gasteiger charge is -2.26. The van der Waals surface area contributed by atoms with Crippen molar-refractivity contribution in [1.82, 2.24) is 10.2 Å². The van der Waals surface area contributed by atoms with E-state index in [9.17, 15) is 13.2 Å². The van der Waals surface area contributed by atoms with Crippen molar-refractivity contribution in [2.75, 3.05) is 25.9 Å². The fraction of sp³-hybridized carbons (Fsp3) is 0.643. The van der Waals surface area contributed by atoms with Gasteiger partial charge in [-0.3, -0.25) is 4.79 Å². The number of hydrogen-bond donors (Lipinski definition) is 1. The van der Waals surface area contributed by atoms with Crippen molar-refractivity contribution >= 4 is 27.1 Å². The van der Waals surface area contributed by atoms with Crippen LogP contribution in [0.15, 0.2) is 11.4 Å². The predicted molar refractivity (Wildman–Crippen MR) is 83.2 cm³/mol. The van der Waals surface area contributed by atoms with E-state index in [-0.39, 0.29) is 23.0 Å². The van der Waals surface area contributed by atoms with Crippen LogP contribution < -0.4 is 5.32 Å². The summed E-state index contributed by atoms with van der Waals surface area (Å²) < 4.78 is 24.0. The van der Waals surface area contributed by atoms with Crippen LogP contribution in [0.4, 0.5) is 0 Å². The van der Waals surface area contributed by atoms with Crippen LogP contribution in [0.5, 0.6) is 0 Å². The Balaban J connectivity index is 1.82. The van der Waals surface area contributed by atoms with Crippen LogP contribution in [0.1, 0.15) is 29.3 Å². The largest absolute Gasteiger partial charge is 0.339 e. The summed E-state index contributed by atoms with van der Waals surface area (Å²) >= 11 is 1.59. The summed E-state index contributed by atoms with van der Waals surface area (Å²) in [6, 6.07) is 1.72. The monoisotopic (exact) mass is 328 g/mol. The third-order valence-electron chi connectivity index (χ3n) is 4.43. The first-order valence-electron chi connectivity index (χ1n) is 7.27. The fourth-order valence-corrected chi connectivity index (χ4v) is 6.10. The number of amides is 1. The normalized spacial score (nSPS) is 28.4. The molecule has 0 aliphatic carbocycles. The summed E-state index contributed by atoms with van der Waals surface area (Å²) in [5, 5.41) is 4.72. The second-order valence-corrected chi connectivity index (χ2v) is 9.05. The molecule has 0 aromatic carbocycles. The highest BCUT2D eigenvalue weighted by Gasteiger charge is 2.37. The van der Waals surface area contributed by atoms with Crippen molar-refractivity contribution in [1.29, 1.82) is 0 Å². The maximum absolute atomic E-state index is 12.7. The summed E-state index contributed by atoms with van der Waals surface area (Å²) in [5.74, 6) is 0.267. The van der Waals surface area contributed by atoms with Gasteiger partial charge in [0.2, 0.25) is 5.91 Å². The molecule has 21 heavy (non-hydrogen) atoms. The standard InChI is InChI=1S/C14H20N2O3S2/c1-15-12-13-10(5-7-20-13)4-6-16(14(12)17)9-11-3-2-8-21(11,18)19/h5,7,11-12,15H,2-4,6,8-9H2,1H3. The highest BCUT2D eigenvalue weighted by Crippen LogP contribution is 2.30. The molecule has 0 radical (unpaired) electrons. The molecule has 1 aromatic rings. The first kappa shape index (κ1) is 15.0. The van der Waals surface area contributed by atoms with Crippen molar-refractivity contribution in [3.05, 3.63) is 21.9 Å². The van der Waals surface area contributed by atoms with Gasteiger partial charge in [0.15, 0.2) is 9.84 Å². The SMILES string of the molecule is CNC1C(=O)N(CC2CCCS2(=O)=O)CCc2ccsc21. The maximum atomic E-state index is 12.7. The molecule has 1 amide bonds. The number of nitrogens with one attached hydrogen (secondary N) is 1. The molecule has 2 aliphatic rings. The molecule has 1 saturated heterocycles. The van der Waals surface area contributed by atoms with Crippen molar-refractivity contribution in [3.8, 4) is 0 Å². The Morgan fingerprint density at radius 3 is 2.95 bits per heavy atom. The van der Waals surface area contributed by atoms with Crippen molar-refractivity contribution in [3.63, 3.8) is 0 Å². The number of carbonyl (C=O) groups is 1. The Morgan fingerprint density at radius 2 is 2.29 bits per heavy atom. The first-order chi connectivity index (χ1) is 10.0. The second-order valence-electron chi connectivity index (χ2n) is 5.70. The minimum Gasteiger partial charge on any atom is -0.339 e. The average molecular weight is 328 g/mol. The lowest BCUT2D eigenvalue weighted by Crippen LogP contribution is -2.43. The van der Waals surface area contributed by atoms with Gasteiger partial charge in [-0.25, -0.2) is 8.42 Å². The summed E-state index contributed by atoms with van der Waals surface area (Å²) in [5.41, 5.74) is 1.20. The van der Waals surface area contributed by atoms with E-state index in [1.807, 2.05) is 5.38 Å². The number of hydrogen-bond acceptors (Lipinski definition) is 5. The molecule has 1 fully saturated rings. The Morgan fingerprint density at radius 1 is 1.48 bits per heavy atom. The average Bonchev–Trinajstić information content (AvgIpc) is 2.99. The zero-order chi connectivity index (χ0) is 15.0. The van der Waals surface area contributed by atoms with Gasteiger partial charge in [0.25, 0.3) is 0 Å². The number of carbonyl (C=O) groups excluding carboxylic acids is 1. The van der Waals surface area contributed by atoms with E-state index in [2.05, 4.69) is 11.4 Å². The molecule has 1 aromatic heterocycles. The van der Waals surface area contributed by atoms with Gasteiger partial charge < -0.3 is 10.2 Å². The quantitative estimate of drug-likeness (QED) is 0.898. The van der Waals surface area contributed by atoms with Crippen LogP contribution in [0.3, 0.4) is 0 Å². The number of rotatable bonds is 3. The molecule has 0 spiro atoms. The van der Waals surface area contributed by atoms with Gasteiger partial charge in [0, 0.05) is 18.0 Å². The van der Waals surface area contributed by atoms with E-state index in [0.29, 0.717) is 19.5 Å². The molecular weight excluding hydrogens is 308 g/mol. The van der Waals surface area contributed by atoms with Crippen LogP contribution in [-0.2, 0) is 21.1 Å². The van der Waals surface area contributed by atoms with Crippen LogP contribution in [-0.4, -0.2) is 50.4 Å². The third-order valence-corrected chi connectivity index (χ3v) is 7.71. The zero-order valence-electron chi connectivity index (χ0n) is 12.0. The number of likely N-dealkylation sites (N-methyl/N-ethyl adjacent to an activating group) is 1. The topological polar surface area (TPSA) is 66.5 Å². The van der Waals surface area contributed by atoms with Crippen molar-refractivity contribution < 1.29 is 13.2 Å². The second kappa shape index (κ2) is 5.70. The smallest absolute Gasteiger partial charge is 0.245 e. The molecule has 2 aliphatic heterocycles. The van der Waals surface area contributed by atoms with Gasteiger partial charge in [-0.2, -0.15) is 0 Å². The van der Waals surface area contributed by atoms with E-state index in [1.165, 1.54) is 5.56 Å². The van der Waals surface area contributed by atoms with E-state index < -0.39 is 9.84 Å². The van der Waals surface area contributed by atoms with Crippen molar-refractivity contribution in [2.45, 2.75) is 30.6 Å². The van der Waals surface area contributed by atoms with E-state index in [0.717, 1.165) is 17.7 Å². The van der Waals surface area contributed by atoms with Crippen LogP contribution in [0.25, 0.3) is 0 Å². The zero-order valence-corrected chi connectivity index (χ0v) is 13.7.